The number of rotatable bonds is 2. The smallest absolute Gasteiger partial charge is 0.0749 e. The average molecular weight is 159 g/mol. The van der Waals surface area contributed by atoms with Crippen LogP contribution >= 0.6 is 0 Å². The van der Waals surface area contributed by atoms with Gasteiger partial charge in [0.15, 0.2) is 0 Å². The predicted octanol–water partition coefficient (Wildman–Crippen LogP) is 0.929. The highest BCUT2D eigenvalue weighted by atomic mass is 28.2. The summed E-state index contributed by atoms with van der Waals surface area (Å²) in [7, 11) is 1.10. The molecule has 0 unspecified atom stereocenters. The van der Waals surface area contributed by atoms with E-state index >= 15 is 0 Å². The Balaban J connectivity index is 4.10. The topological polar surface area (TPSA) is 12.0 Å². The molecular formula is C8H21NSi. The van der Waals surface area contributed by atoms with Crippen LogP contribution in [0.25, 0.3) is 0 Å². The van der Waals surface area contributed by atoms with Crippen molar-refractivity contribution in [1.82, 2.24) is 4.98 Å². The van der Waals surface area contributed by atoms with Crippen LogP contribution < -0.4 is 4.98 Å². The van der Waals surface area contributed by atoms with Gasteiger partial charge in [-0.2, -0.15) is 0 Å². The SMILES string of the molecule is CC(C)(C)C(C)(C)CN[SiH3]. The molecule has 0 bridgehead atoms. The zero-order valence-corrected chi connectivity index (χ0v) is 10.2. The zero-order valence-electron chi connectivity index (χ0n) is 8.21. The highest BCUT2D eigenvalue weighted by Gasteiger charge is 2.31. The van der Waals surface area contributed by atoms with Crippen LogP contribution in [0.15, 0.2) is 0 Å². The molecule has 0 amide bonds. The summed E-state index contributed by atoms with van der Waals surface area (Å²) in [6.45, 7) is 12.7. The van der Waals surface area contributed by atoms with Gasteiger partial charge in [-0.1, -0.05) is 34.6 Å². The first-order valence-corrected chi connectivity index (χ1v) is 4.96. The minimum Gasteiger partial charge on any atom is -0.345 e. The van der Waals surface area contributed by atoms with E-state index in [0.717, 1.165) is 16.9 Å². The van der Waals surface area contributed by atoms with Crippen LogP contribution in [0, 0.1) is 10.8 Å². The summed E-state index contributed by atoms with van der Waals surface area (Å²) < 4.78 is 0. The number of hydrogen-bond acceptors (Lipinski definition) is 1. The van der Waals surface area contributed by atoms with Crippen molar-refractivity contribution in [3.05, 3.63) is 0 Å². The fourth-order valence-electron chi connectivity index (χ4n) is 0.707. The summed E-state index contributed by atoms with van der Waals surface area (Å²) in [5.41, 5.74) is 0.819. The van der Waals surface area contributed by atoms with E-state index in [2.05, 4.69) is 39.6 Å². The predicted molar refractivity (Wildman–Crippen MR) is 51.2 cm³/mol. The first kappa shape index (κ1) is 10.2. The molecule has 62 valence electrons. The molecule has 0 aromatic carbocycles. The Labute approximate surface area is 68.1 Å². The highest BCUT2D eigenvalue weighted by Crippen LogP contribution is 2.36. The molecule has 0 fully saturated rings. The van der Waals surface area contributed by atoms with E-state index < -0.39 is 0 Å². The molecule has 10 heavy (non-hydrogen) atoms. The van der Waals surface area contributed by atoms with Crippen molar-refractivity contribution in [2.45, 2.75) is 34.6 Å². The summed E-state index contributed by atoms with van der Waals surface area (Å²) in [5.74, 6) is 0. The van der Waals surface area contributed by atoms with E-state index in [-0.39, 0.29) is 0 Å². The van der Waals surface area contributed by atoms with Crippen LogP contribution in [-0.2, 0) is 0 Å². The molecule has 0 aromatic heterocycles. The van der Waals surface area contributed by atoms with Crippen molar-refractivity contribution >= 4 is 10.4 Å². The first-order valence-electron chi connectivity index (χ1n) is 3.96. The van der Waals surface area contributed by atoms with Crippen LogP contribution in [0.1, 0.15) is 34.6 Å². The molecule has 0 rings (SSSR count). The van der Waals surface area contributed by atoms with E-state index in [1.807, 2.05) is 0 Å². The molecule has 1 N–H and O–H groups in total. The van der Waals surface area contributed by atoms with Crippen LogP contribution in [0.4, 0.5) is 0 Å². The van der Waals surface area contributed by atoms with E-state index in [4.69, 9.17) is 0 Å². The van der Waals surface area contributed by atoms with Crippen LogP contribution in [0.3, 0.4) is 0 Å². The molecule has 0 aliphatic carbocycles. The molecule has 1 nitrogen and oxygen atoms in total. The molecule has 0 aliphatic heterocycles. The average Bonchev–Trinajstić information content (AvgIpc) is 1.61. The molecular weight excluding hydrogens is 138 g/mol. The second kappa shape index (κ2) is 3.05. The second-order valence-electron chi connectivity index (χ2n) is 4.66. The van der Waals surface area contributed by atoms with E-state index in [1.54, 1.807) is 0 Å². The summed E-state index contributed by atoms with van der Waals surface area (Å²) in [6.07, 6.45) is 0. The lowest BCUT2D eigenvalue weighted by molar-refractivity contribution is 0.137. The van der Waals surface area contributed by atoms with Gasteiger partial charge >= 0.3 is 0 Å². The maximum absolute atomic E-state index is 3.35. The fourth-order valence-corrected chi connectivity index (χ4v) is 1.59. The lowest BCUT2D eigenvalue weighted by atomic mass is 9.69. The van der Waals surface area contributed by atoms with Crippen molar-refractivity contribution in [3.8, 4) is 0 Å². The van der Waals surface area contributed by atoms with Gasteiger partial charge < -0.3 is 4.98 Å². The molecule has 0 aliphatic rings. The van der Waals surface area contributed by atoms with Gasteiger partial charge in [-0.25, -0.2) is 0 Å². The van der Waals surface area contributed by atoms with Crippen LogP contribution in [0.5, 0.6) is 0 Å². The Morgan fingerprint density at radius 1 is 1.10 bits per heavy atom. The molecule has 0 heterocycles. The lowest BCUT2D eigenvalue weighted by Gasteiger charge is -2.38. The van der Waals surface area contributed by atoms with Crippen LogP contribution in [-0.4, -0.2) is 16.9 Å². The van der Waals surface area contributed by atoms with E-state index in [1.165, 1.54) is 0 Å². The van der Waals surface area contributed by atoms with Crippen molar-refractivity contribution in [2.75, 3.05) is 6.54 Å². The monoisotopic (exact) mass is 159 g/mol. The molecule has 0 radical (unpaired) electrons. The minimum absolute atomic E-state index is 0.407. The molecule has 0 atom stereocenters. The maximum atomic E-state index is 3.35. The van der Waals surface area contributed by atoms with Gasteiger partial charge in [-0.05, 0) is 17.4 Å². The second-order valence-corrected chi connectivity index (χ2v) is 5.37. The van der Waals surface area contributed by atoms with E-state index in [9.17, 15) is 0 Å². The third-order valence-electron chi connectivity index (χ3n) is 2.65. The normalized spacial score (nSPS) is 14.1. The van der Waals surface area contributed by atoms with Gasteiger partial charge in [0.1, 0.15) is 0 Å². The van der Waals surface area contributed by atoms with Crippen LogP contribution in [0.2, 0.25) is 0 Å². The third-order valence-corrected chi connectivity index (χ3v) is 3.00. The van der Waals surface area contributed by atoms with E-state index in [0.29, 0.717) is 10.8 Å². The van der Waals surface area contributed by atoms with Gasteiger partial charge in [-0.15, -0.1) is 0 Å². The third kappa shape index (κ3) is 2.43. The largest absolute Gasteiger partial charge is 0.345 e. The molecule has 0 saturated heterocycles. The molecule has 2 heteroatoms. The Morgan fingerprint density at radius 3 is 1.60 bits per heavy atom. The van der Waals surface area contributed by atoms with Gasteiger partial charge in [0.05, 0.1) is 10.4 Å². The Hall–Kier alpha value is 0.177. The maximum Gasteiger partial charge on any atom is 0.0749 e. The quantitative estimate of drug-likeness (QED) is 0.591. The summed E-state index contributed by atoms with van der Waals surface area (Å²) >= 11 is 0. The zero-order chi connectivity index (χ0) is 8.41. The summed E-state index contributed by atoms with van der Waals surface area (Å²) in [4.78, 5) is 3.35. The number of hydrogen-bond donors (Lipinski definition) is 1. The van der Waals surface area contributed by atoms with Crippen molar-refractivity contribution in [3.63, 3.8) is 0 Å². The van der Waals surface area contributed by atoms with Gasteiger partial charge in [0, 0.05) is 0 Å². The molecule has 0 saturated carbocycles. The van der Waals surface area contributed by atoms with Crippen molar-refractivity contribution < 1.29 is 0 Å². The lowest BCUT2D eigenvalue weighted by Crippen LogP contribution is -2.38. The molecule has 0 spiro atoms. The first-order chi connectivity index (χ1) is 4.31. The summed E-state index contributed by atoms with van der Waals surface area (Å²) in [5, 5.41) is 0. The number of nitrogens with one attached hydrogen (secondary N) is 1. The van der Waals surface area contributed by atoms with Gasteiger partial charge in [0.2, 0.25) is 0 Å². The highest BCUT2D eigenvalue weighted by molar-refractivity contribution is 6.04. The summed E-state index contributed by atoms with van der Waals surface area (Å²) in [6, 6.07) is 0. The Morgan fingerprint density at radius 2 is 1.50 bits per heavy atom. The van der Waals surface area contributed by atoms with Gasteiger partial charge in [-0.3, -0.25) is 0 Å². The Kier molecular flexibility index (Phi) is 3.11. The molecule has 0 aromatic rings. The standard InChI is InChI=1S/C8H21NSi/c1-7(2,3)8(4,5)6-9-10/h9H,6H2,1-5,10H3. The minimum atomic E-state index is 0.407. The van der Waals surface area contributed by atoms with Crippen molar-refractivity contribution in [2.24, 2.45) is 10.8 Å². The van der Waals surface area contributed by atoms with Crippen molar-refractivity contribution in [1.29, 1.82) is 0 Å². The Bertz CT molecular complexity index is 102. The van der Waals surface area contributed by atoms with Gasteiger partial charge in [0.25, 0.3) is 0 Å². The fraction of sp³-hybridized carbons (Fsp3) is 1.00.